The fraction of sp³-hybridized carbons (Fsp3) is 0.667. The summed E-state index contributed by atoms with van der Waals surface area (Å²) < 4.78 is 4.79. The fourth-order valence-corrected chi connectivity index (χ4v) is 0.793. The van der Waals surface area contributed by atoms with Crippen molar-refractivity contribution in [2.45, 2.75) is 25.4 Å². The molecule has 1 heterocycles. The van der Waals surface area contributed by atoms with Crippen molar-refractivity contribution in [1.82, 2.24) is 15.5 Å². The lowest BCUT2D eigenvalue weighted by atomic mass is 10.6. The molecule has 0 spiro atoms. The number of aromatic nitrogens is 2. The third-order valence-electron chi connectivity index (χ3n) is 1.53. The van der Waals surface area contributed by atoms with Gasteiger partial charge in [-0.1, -0.05) is 5.16 Å². The Hall–Kier alpha value is -0.900. The Kier molecular flexibility index (Phi) is 1.39. The lowest BCUT2D eigenvalue weighted by Crippen LogP contribution is -2.15. The van der Waals surface area contributed by atoms with Crippen molar-refractivity contribution >= 4 is 0 Å². The zero-order valence-corrected chi connectivity index (χ0v) is 5.58. The van der Waals surface area contributed by atoms with E-state index in [-0.39, 0.29) is 0 Å². The monoisotopic (exact) mass is 139 g/mol. The zero-order valence-electron chi connectivity index (χ0n) is 5.58. The van der Waals surface area contributed by atoms with Crippen molar-refractivity contribution in [1.29, 1.82) is 0 Å². The Morgan fingerprint density at radius 1 is 1.70 bits per heavy atom. The second-order valence-electron chi connectivity index (χ2n) is 2.49. The van der Waals surface area contributed by atoms with Crippen molar-refractivity contribution in [3.05, 3.63) is 12.2 Å². The van der Waals surface area contributed by atoms with Crippen LogP contribution in [0, 0.1) is 0 Å². The molecule has 1 aliphatic rings. The molecule has 1 aromatic rings. The second-order valence-corrected chi connectivity index (χ2v) is 2.49. The molecule has 1 saturated carbocycles. The smallest absolute Gasteiger partial charge is 0.240 e. The normalized spacial score (nSPS) is 17.6. The summed E-state index contributed by atoms with van der Waals surface area (Å²) in [7, 11) is 0. The first-order valence-corrected chi connectivity index (χ1v) is 3.44. The van der Waals surface area contributed by atoms with E-state index >= 15 is 0 Å². The first kappa shape index (κ1) is 5.85. The van der Waals surface area contributed by atoms with Gasteiger partial charge >= 0.3 is 0 Å². The largest absolute Gasteiger partial charge is 0.338 e. The van der Waals surface area contributed by atoms with Gasteiger partial charge in [0.05, 0.1) is 6.54 Å². The van der Waals surface area contributed by atoms with E-state index in [0.29, 0.717) is 18.5 Å². The third kappa shape index (κ3) is 1.33. The summed E-state index contributed by atoms with van der Waals surface area (Å²) in [4.78, 5) is 3.88. The first-order chi connectivity index (χ1) is 4.95. The fourth-order valence-electron chi connectivity index (χ4n) is 0.793. The van der Waals surface area contributed by atoms with E-state index in [2.05, 4.69) is 15.5 Å². The van der Waals surface area contributed by atoms with Gasteiger partial charge in [-0.15, -0.1) is 0 Å². The Bertz CT molecular complexity index is 193. The molecule has 54 valence electrons. The molecule has 1 aliphatic carbocycles. The van der Waals surface area contributed by atoms with Crippen molar-refractivity contribution < 1.29 is 4.52 Å². The van der Waals surface area contributed by atoms with Crippen molar-refractivity contribution in [3.63, 3.8) is 0 Å². The van der Waals surface area contributed by atoms with Crippen LogP contribution in [-0.2, 0) is 6.54 Å². The molecule has 0 radical (unpaired) electrons. The van der Waals surface area contributed by atoms with Gasteiger partial charge in [-0.25, -0.2) is 0 Å². The predicted molar refractivity (Wildman–Crippen MR) is 34.2 cm³/mol. The lowest BCUT2D eigenvalue weighted by molar-refractivity contribution is 0.366. The zero-order chi connectivity index (χ0) is 6.81. The van der Waals surface area contributed by atoms with Crippen LogP contribution < -0.4 is 5.32 Å². The van der Waals surface area contributed by atoms with Crippen molar-refractivity contribution in [2.75, 3.05) is 0 Å². The van der Waals surface area contributed by atoms with Crippen LogP contribution in [0.15, 0.2) is 10.9 Å². The highest BCUT2D eigenvalue weighted by Gasteiger charge is 2.20. The van der Waals surface area contributed by atoms with E-state index in [9.17, 15) is 0 Å². The van der Waals surface area contributed by atoms with Crippen LogP contribution in [0.3, 0.4) is 0 Å². The number of nitrogens with zero attached hydrogens (tertiary/aromatic N) is 2. The molecule has 0 saturated heterocycles. The summed E-state index contributed by atoms with van der Waals surface area (Å²) >= 11 is 0. The van der Waals surface area contributed by atoms with E-state index < -0.39 is 0 Å². The van der Waals surface area contributed by atoms with Crippen LogP contribution >= 0.6 is 0 Å². The number of nitrogens with one attached hydrogen (secondary N) is 1. The minimum absolute atomic E-state index is 0.673. The molecular formula is C6H9N3O. The minimum atomic E-state index is 0.673. The van der Waals surface area contributed by atoms with E-state index in [0.717, 1.165) is 0 Å². The molecule has 0 aliphatic heterocycles. The van der Waals surface area contributed by atoms with Gasteiger partial charge in [-0.05, 0) is 12.8 Å². The molecule has 4 heteroatoms. The van der Waals surface area contributed by atoms with E-state index in [1.165, 1.54) is 19.2 Å². The highest BCUT2D eigenvalue weighted by molar-refractivity contribution is 4.83. The predicted octanol–water partition coefficient (Wildman–Crippen LogP) is 0.322. The summed E-state index contributed by atoms with van der Waals surface area (Å²) in [5, 5.41) is 6.76. The van der Waals surface area contributed by atoms with Gasteiger partial charge in [0, 0.05) is 6.04 Å². The van der Waals surface area contributed by atoms with Gasteiger partial charge in [-0.2, -0.15) is 4.98 Å². The average Bonchev–Trinajstić information content (AvgIpc) is 2.63. The standard InChI is InChI=1S/C6H9N3O/c1-2-5(1)7-3-6-8-4-9-10-6/h4-5,7H,1-3H2. The molecule has 2 rings (SSSR count). The van der Waals surface area contributed by atoms with Crippen molar-refractivity contribution in [3.8, 4) is 0 Å². The Labute approximate surface area is 58.6 Å². The quantitative estimate of drug-likeness (QED) is 0.655. The van der Waals surface area contributed by atoms with Gasteiger partial charge in [0.2, 0.25) is 5.89 Å². The Balaban J connectivity index is 1.79. The van der Waals surface area contributed by atoms with Crippen LogP contribution in [0.1, 0.15) is 18.7 Å². The molecular weight excluding hydrogens is 130 g/mol. The van der Waals surface area contributed by atoms with Gasteiger partial charge in [-0.3, -0.25) is 0 Å². The molecule has 0 unspecified atom stereocenters. The van der Waals surface area contributed by atoms with Crippen LogP contribution in [0.2, 0.25) is 0 Å². The first-order valence-electron chi connectivity index (χ1n) is 3.44. The summed E-state index contributed by atoms with van der Waals surface area (Å²) in [6.45, 7) is 0.713. The van der Waals surface area contributed by atoms with Gasteiger partial charge in [0.25, 0.3) is 0 Å². The summed E-state index contributed by atoms with van der Waals surface area (Å²) in [5.41, 5.74) is 0. The van der Waals surface area contributed by atoms with Crippen LogP contribution in [-0.4, -0.2) is 16.2 Å². The highest BCUT2D eigenvalue weighted by Crippen LogP contribution is 2.18. The van der Waals surface area contributed by atoms with Crippen LogP contribution in [0.25, 0.3) is 0 Å². The molecule has 0 atom stereocenters. The molecule has 1 aromatic heterocycles. The number of hydrogen-bond acceptors (Lipinski definition) is 4. The van der Waals surface area contributed by atoms with E-state index in [1.807, 2.05) is 0 Å². The summed E-state index contributed by atoms with van der Waals surface area (Å²) in [6.07, 6.45) is 3.99. The van der Waals surface area contributed by atoms with E-state index in [1.54, 1.807) is 0 Å². The van der Waals surface area contributed by atoms with E-state index in [4.69, 9.17) is 4.52 Å². The molecule has 0 aromatic carbocycles. The number of hydrogen-bond donors (Lipinski definition) is 1. The lowest BCUT2D eigenvalue weighted by Gasteiger charge is -1.93. The summed E-state index contributed by atoms with van der Waals surface area (Å²) in [6, 6.07) is 0.701. The molecule has 1 N–H and O–H groups in total. The third-order valence-corrected chi connectivity index (χ3v) is 1.53. The molecule has 10 heavy (non-hydrogen) atoms. The van der Waals surface area contributed by atoms with Gasteiger partial charge < -0.3 is 9.84 Å². The van der Waals surface area contributed by atoms with Gasteiger partial charge in [0.15, 0.2) is 6.33 Å². The molecule has 0 bridgehead atoms. The minimum Gasteiger partial charge on any atom is -0.338 e. The Morgan fingerprint density at radius 3 is 3.20 bits per heavy atom. The SMILES string of the molecule is c1noc(CNC2CC2)n1. The molecule has 4 nitrogen and oxygen atoms in total. The maximum atomic E-state index is 4.79. The highest BCUT2D eigenvalue weighted by atomic mass is 16.5. The Morgan fingerprint density at radius 2 is 2.60 bits per heavy atom. The number of rotatable bonds is 3. The maximum absolute atomic E-state index is 4.79. The van der Waals surface area contributed by atoms with Crippen molar-refractivity contribution in [2.24, 2.45) is 0 Å². The average molecular weight is 139 g/mol. The van der Waals surface area contributed by atoms with Gasteiger partial charge in [0.1, 0.15) is 0 Å². The second kappa shape index (κ2) is 2.38. The maximum Gasteiger partial charge on any atom is 0.240 e. The summed E-state index contributed by atoms with van der Waals surface area (Å²) in [5.74, 6) is 0.673. The topological polar surface area (TPSA) is 51.0 Å². The molecule has 1 fully saturated rings. The molecule has 0 amide bonds. The van der Waals surface area contributed by atoms with Crippen LogP contribution in [0.4, 0.5) is 0 Å². The van der Waals surface area contributed by atoms with Crippen LogP contribution in [0.5, 0.6) is 0 Å².